The molecule has 0 aliphatic carbocycles. The molecule has 0 saturated carbocycles. The molecule has 2 atom stereocenters. The van der Waals surface area contributed by atoms with Crippen LogP contribution in [0.3, 0.4) is 0 Å². The monoisotopic (exact) mass is 257 g/mol. The predicted molar refractivity (Wildman–Crippen MR) is 59.5 cm³/mol. The van der Waals surface area contributed by atoms with Gasteiger partial charge in [-0.25, -0.2) is 0 Å². The van der Waals surface area contributed by atoms with Crippen molar-refractivity contribution in [3.63, 3.8) is 0 Å². The summed E-state index contributed by atoms with van der Waals surface area (Å²) < 4.78 is 43.5. The summed E-state index contributed by atoms with van der Waals surface area (Å²) in [7, 11) is 0. The number of rotatable bonds is 4. The van der Waals surface area contributed by atoms with E-state index in [0.717, 1.165) is 11.8 Å². The minimum Gasteiger partial charge on any atom is -0.381 e. The molecule has 1 rings (SSSR count). The molecule has 1 fully saturated rings. The standard InChI is InChI=1S/C10H18F3NOS/c1-2-8(14)9(10(11,12)13)16-7-3-5-15-6-4-7/h7-9H,2-6,14H2,1H3. The zero-order valence-electron chi connectivity index (χ0n) is 9.30. The first kappa shape index (κ1) is 14.1. The van der Waals surface area contributed by atoms with Crippen molar-refractivity contribution in [1.29, 1.82) is 0 Å². The van der Waals surface area contributed by atoms with Gasteiger partial charge in [-0.3, -0.25) is 0 Å². The maximum absolute atomic E-state index is 12.8. The zero-order chi connectivity index (χ0) is 12.2. The van der Waals surface area contributed by atoms with Gasteiger partial charge in [0.15, 0.2) is 0 Å². The van der Waals surface area contributed by atoms with E-state index in [9.17, 15) is 13.2 Å². The predicted octanol–water partition coefficient (Wildman–Crippen LogP) is 2.57. The van der Waals surface area contributed by atoms with Crippen molar-refractivity contribution in [3.8, 4) is 0 Å². The van der Waals surface area contributed by atoms with Crippen molar-refractivity contribution in [1.82, 2.24) is 0 Å². The number of nitrogens with two attached hydrogens (primary N) is 1. The van der Waals surface area contributed by atoms with Gasteiger partial charge in [-0.05, 0) is 19.3 Å². The summed E-state index contributed by atoms with van der Waals surface area (Å²) in [6.07, 6.45) is -2.49. The average molecular weight is 257 g/mol. The number of hydrogen-bond acceptors (Lipinski definition) is 3. The smallest absolute Gasteiger partial charge is 0.381 e. The highest BCUT2D eigenvalue weighted by atomic mass is 32.2. The molecule has 0 spiro atoms. The first-order valence-corrected chi connectivity index (χ1v) is 6.45. The highest BCUT2D eigenvalue weighted by Crippen LogP contribution is 2.38. The lowest BCUT2D eigenvalue weighted by molar-refractivity contribution is -0.132. The van der Waals surface area contributed by atoms with E-state index in [1.165, 1.54) is 0 Å². The van der Waals surface area contributed by atoms with Gasteiger partial charge in [0, 0.05) is 24.5 Å². The molecular formula is C10H18F3NOS. The SMILES string of the molecule is CCC(N)C(SC1CCOCC1)C(F)(F)F. The zero-order valence-corrected chi connectivity index (χ0v) is 10.1. The molecule has 0 aromatic heterocycles. The minimum absolute atomic E-state index is 0.0259. The van der Waals surface area contributed by atoms with Gasteiger partial charge >= 0.3 is 6.18 Å². The second-order valence-corrected chi connectivity index (χ2v) is 5.43. The maximum atomic E-state index is 12.8. The fourth-order valence-corrected chi connectivity index (χ4v) is 3.08. The summed E-state index contributed by atoms with van der Waals surface area (Å²) in [5.74, 6) is 0. The van der Waals surface area contributed by atoms with Gasteiger partial charge in [-0.2, -0.15) is 13.2 Å². The van der Waals surface area contributed by atoms with E-state index < -0.39 is 17.5 Å². The summed E-state index contributed by atoms with van der Waals surface area (Å²) in [5.41, 5.74) is 5.55. The van der Waals surface area contributed by atoms with Crippen LogP contribution >= 0.6 is 11.8 Å². The van der Waals surface area contributed by atoms with Crippen molar-refractivity contribution in [2.45, 2.75) is 48.9 Å². The third-order valence-electron chi connectivity index (χ3n) is 2.69. The Labute approximate surface area is 98.1 Å². The van der Waals surface area contributed by atoms with Gasteiger partial charge in [0.2, 0.25) is 0 Å². The Bertz CT molecular complexity index is 207. The van der Waals surface area contributed by atoms with Crippen LogP contribution in [0.2, 0.25) is 0 Å². The summed E-state index contributed by atoms with van der Waals surface area (Å²) in [5, 5.41) is -1.42. The molecule has 16 heavy (non-hydrogen) atoms. The second-order valence-electron chi connectivity index (χ2n) is 3.98. The fourth-order valence-electron chi connectivity index (χ4n) is 1.65. The van der Waals surface area contributed by atoms with Gasteiger partial charge in [0.1, 0.15) is 5.25 Å². The van der Waals surface area contributed by atoms with Crippen molar-refractivity contribution in [2.75, 3.05) is 13.2 Å². The third kappa shape index (κ3) is 4.14. The summed E-state index contributed by atoms with van der Waals surface area (Å²) in [6, 6.07) is -0.812. The van der Waals surface area contributed by atoms with E-state index >= 15 is 0 Å². The summed E-state index contributed by atoms with van der Waals surface area (Å²) in [4.78, 5) is 0. The van der Waals surface area contributed by atoms with Crippen molar-refractivity contribution < 1.29 is 17.9 Å². The largest absolute Gasteiger partial charge is 0.402 e. The molecular weight excluding hydrogens is 239 g/mol. The molecule has 1 saturated heterocycles. The highest BCUT2D eigenvalue weighted by Gasteiger charge is 2.44. The molecule has 0 amide bonds. The Morgan fingerprint density at radius 3 is 2.38 bits per heavy atom. The molecule has 1 aliphatic heterocycles. The molecule has 1 aliphatic rings. The van der Waals surface area contributed by atoms with E-state index in [0.29, 0.717) is 32.5 Å². The molecule has 2 unspecified atom stereocenters. The van der Waals surface area contributed by atoms with Gasteiger partial charge in [0.25, 0.3) is 0 Å². The molecule has 6 heteroatoms. The average Bonchev–Trinajstić information content (AvgIpc) is 2.25. The maximum Gasteiger partial charge on any atom is 0.402 e. The second kappa shape index (κ2) is 6.12. The molecule has 1 heterocycles. The normalized spacial score (nSPS) is 23.1. The van der Waals surface area contributed by atoms with E-state index in [1.807, 2.05) is 0 Å². The Hall–Kier alpha value is 0.0600. The van der Waals surface area contributed by atoms with Crippen molar-refractivity contribution in [2.24, 2.45) is 5.73 Å². The van der Waals surface area contributed by atoms with E-state index in [-0.39, 0.29) is 5.25 Å². The quantitative estimate of drug-likeness (QED) is 0.840. The lowest BCUT2D eigenvalue weighted by Crippen LogP contribution is -2.44. The van der Waals surface area contributed by atoms with Crippen LogP contribution in [0.5, 0.6) is 0 Å². The molecule has 0 bridgehead atoms. The molecule has 2 N–H and O–H groups in total. The third-order valence-corrected chi connectivity index (χ3v) is 4.46. The Kier molecular flexibility index (Phi) is 5.40. The van der Waals surface area contributed by atoms with E-state index in [1.54, 1.807) is 6.92 Å². The fraction of sp³-hybridized carbons (Fsp3) is 1.00. The topological polar surface area (TPSA) is 35.2 Å². The van der Waals surface area contributed by atoms with Crippen LogP contribution in [0.4, 0.5) is 13.2 Å². The lowest BCUT2D eigenvalue weighted by Gasteiger charge is -2.30. The highest BCUT2D eigenvalue weighted by molar-refractivity contribution is 8.00. The number of hydrogen-bond donors (Lipinski definition) is 1. The van der Waals surface area contributed by atoms with Gasteiger partial charge < -0.3 is 10.5 Å². The van der Waals surface area contributed by atoms with Crippen LogP contribution < -0.4 is 5.73 Å². The van der Waals surface area contributed by atoms with Crippen LogP contribution in [0.1, 0.15) is 26.2 Å². The molecule has 0 aromatic carbocycles. The summed E-state index contributed by atoms with van der Waals surface area (Å²) in [6.45, 7) is 2.81. The summed E-state index contributed by atoms with van der Waals surface area (Å²) >= 11 is 0.975. The van der Waals surface area contributed by atoms with Crippen LogP contribution in [0, 0.1) is 0 Å². The van der Waals surface area contributed by atoms with Crippen molar-refractivity contribution >= 4 is 11.8 Å². The van der Waals surface area contributed by atoms with Crippen LogP contribution in [0.25, 0.3) is 0 Å². The van der Waals surface area contributed by atoms with E-state index in [4.69, 9.17) is 10.5 Å². The molecule has 96 valence electrons. The number of thioether (sulfide) groups is 1. The van der Waals surface area contributed by atoms with Crippen molar-refractivity contribution in [3.05, 3.63) is 0 Å². The number of alkyl halides is 3. The van der Waals surface area contributed by atoms with Crippen LogP contribution in [-0.4, -0.2) is 35.9 Å². The Morgan fingerprint density at radius 1 is 1.38 bits per heavy atom. The Balaban J connectivity index is 2.55. The minimum atomic E-state index is -4.21. The number of ether oxygens (including phenoxy) is 1. The van der Waals surface area contributed by atoms with Gasteiger partial charge in [0.05, 0.1) is 0 Å². The molecule has 0 radical (unpaired) electrons. The lowest BCUT2D eigenvalue weighted by atomic mass is 10.1. The number of halogens is 3. The Morgan fingerprint density at radius 2 is 1.94 bits per heavy atom. The van der Waals surface area contributed by atoms with Crippen LogP contribution in [0.15, 0.2) is 0 Å². The first-order chi connectivity index (χ1) is 7.45. The van der Waals surface area contributed by atoms with E-state index in [2.05, 4.69) is 0 Å². The first-order valence-electron chi connectivity index (χ1n) is 5.50. The van der Waals surface area contributed by atoms with Gasteiger partial charge in [-0.1, -0.05) is 6.92 Å². The molecule has 2 nitrogen and oxygen atoms in total. The van der Waals surface area contributed by atoms with Crippen LogP contribution in [-0.2, 0) is 4.74 Å². The molecule has 0 aromatic rings. The van der Waals surface area contributed by atoms with Gasteiger partial charge in [-0.15, -0.1) is 11.8 Å².